The van der Waals surface area contributed by atoms with Gasteiger partial charge in [0.1, 0.15) is 18.2 Å². The standard InChI is InChI=1S/C28H24N2O4/c1-33-28-9-5-8-26(30-28)29-27(32)18-25(31)23-12-10-21(11-13-23)22-14-16-24(17-15-22)34-19-20-6-3-2-4-7-20/h2-17H,18-19H2,1H3,(H,29,30,32). The maximum atomic E-state index is 12.5. The lowest BCUT2D eigenvalue weighted by Crippen LogP contribution is -2.17. The van der Waals surface area contributed by atoms with Gasteiger partial charge in [0.05, 0.1) is 13.5 Å². The minimum absolute atomic E-state index is 0.267. The number of ketones is 1. The van der Waals surface area contributed by atoms with Crippen molar-refractivity contribution in [2.45, 2.75) is 13.0 Å². The molecule has 170 valence electrons. The second kappa shape index (κ2) is 10.9. The molecular formula is C28H24N2O4. The number of hydrogen-bond donors (Lipinski definition) is 1. The van der Waals surface area contributed by atoms with E-state index in [1.165, 1.54) is 7.11 Å². The highest BCUT2D eigenvalue weighted by atomic mass is 16.5. The van der Waals surface area contributed by atoms with Gasteiger partial charge >= 0.3 is 0 Å². The molecule has 4 aromatic rings. The number of nitrogens with zero attached hydrogens (tertiary/aromatic N) is 1. The minimum atomic E-state index is -0.430. The molecular weight excluding hydrogens is 428 g/mol. The van der Waals surface area contributed by atoms with Crippen LogP contribution in [0.15, 0.2) is 97.1 Å². The third-order valence-corrected chi connectivity index (χ3v) is 5.16. The fraction of sp³-hybridized carbons (Fsp3) is 0.107. The van der Waals surface area contributed by atoms with E-state index in [0.717, 1.165) is 22.4 Å². The number of aromatic nitrogens is 1. The summed E-state index contributed by atoms with van der Waals surface area (Å²) in [6, 6.07) is 30.0. The number of anilines is 1. The van der Waals surface area contributed by atoms with Crippen molar-refractivity contribution in [3.05, 3.63) is 108 Å². The lowest BCUT2D eigenvalue weighted by Gasteiger charge is -2.08. The molecule has 1 heterocycles. The van der Waals surface area contributed by atoms with E-state index >= 15 is 0 Å². The number of rotatable bonds is 9. The minimum Gasteiger partial charge on any atom is -0.489 e. The Morgan fingerprint density at radius 1 is 0.794 bits per heavy atom. The number of methoxy groups -OCH3 is 1. The van der Waals surface area contributed by atoms with Crippen molar-refractivity contribution in [2.24, 2.45) is 0 Å². The molecule has 3 aromatic carbocycles. The van der Waals surface area contributed by atoms with Gasteiger partial charge in [-0.25, -0.2) is 0 Å². The number of Topliss-reactive ketones (excluding diaryl/α,β-unsaturated/α-hetero) is 1. The first-order valence-corrected chi connectivity index (χ1v) is 10.8. The molecule has 34 heavy (non-hydrogen) atoms. The summed E-state index contributed by atoms with van der Waals surface area (Å²) in [5.41, 5.74) is 3.56. The molecule has 1 N–H and O–H groups in total. The van der Waals surface area contributed by atoms with Gasteiger partial charge in [0.25, 0.3) is 0 Å². The molecule has 0 unspecified atom stereocenters. The zero-order valence-electron chi connectivity index (χ0n) is 18.7. The van der Waals surface area contributed by atoms with E-state index in [1.807, 2.05) is 66.7 Å². The molecule has 0 aliphatic carbocycles. The van der Waals surface area contributed by atoms with Crippen LogP contribution in [-0.2, 0) is 11.4 Å². The zero-order valence-corrected chi connectivity index (χ0v) is 18.7. The molecule has 0 saturated heterocycles. The van der Waals surface area contributed by atoms with E-state index in [9.17, 15) is 9.59 Å². The number of hydrogen-bond acceptors (Lipinski definition) is 5. The highest BCUT2D eigenvalue weighted by Gasteiger charge is 2.13. The molecule has 1 amide bonds. The van der Waals surface area contributed by atoms with Crippen LogP contribution in [0.5, 0.6) is 11.6 Å². The van der Waals surface area contributed by atoms with E-state index in [-0.39, 0.29) is 12.2 Å². The van der Waals surface area contributed by atoms with Gasteiger partial charge in [-0.3, -0.25) is 9.59 Å². The predicted molar refractivity (Wildman–Crippen MR) is 131 cm³/mol. The molecule has 0 saturated carbocycles. The van der Waals surface area contributed by atoms with Gasteiger partial charge in [0.2, 0.25) is 11.8 Å². The summed E-state index contributed by atoms with van der Waals surface area (Å²) in [5.74, 6) is 0.813. The number of carbonyl (C=O) groups excluding carboxylic acids is 2. The molecule has 0 bridgehead atoms. The molecule has 4 rings (SSSR count). The maximum absolute atomic E-state index is 12.5. The monoisotopic (exact) mass is 452 g/mol. The van der Waals surface area contributed by atoms with Crippen molar-refractivity contribution in [3.63, 3.8) is 0 Å². The average Bonchev–Trinajstić information content (AvgIpc) is 2.88. The second-order valence-electron chi connectivity index (χ2n) is 7.59. The zero-order chi connectivity index (χ0) is 23.8. The van der Waals surface area contributed by atoms with Gasteiger partial charge in [-0.05, 0) is 34.9 Å². The predicted octanol–water partition coefficient (Wildman–Crippen LogP) is 5.55. The Kier molecular flexibility index (Phi) is 7.30. The van der Waals surface area contributed by atoms with Crippen LogP contribution in [0.1, 0.15) is 22.3 Å². The summed E-state index contributed by atoms with van der Waals surface area (Å²) in [6.07, 6.45) is -0.272. The molecule has 0 fully saturated rings. The van der Waals surface area contributed by atoms with Gasteiger partial charge in [-0.15, -0.1) is 0 Å². The van der Waals surface area contributed by atoms with E-state index in [0.29, 0.717) is 23.9 Å². The second-order valence-corrected chi connectivity index (χ2v) is 7.59. The van der Waals surface area contributed by atoms with Crippen molar-refractivity contribution in [2.75, 3.05) is 12.4 Å². The maximum Gasteiger partial charge on any atom is 0.233 e. The Morgan fingerprint density at radius 3 is 2.15 bits per heavy atom. The van der Waals surface area contributed by atoms with Gasteiger partial charge in [0, 0.05) is 11.6 Å². The van der Waals surface area contributed by atoms with Crippen LogP contribution in [0.4, 0.5) is 5.82 Å². The Morgan fingerprint density at radius 2 is 1.47 bits per heavy atom. The summed E-state index contributed by atoms with van der Waals surface area (Å²) in [7, 11) is 1.50. The highest BCUT2D eigenvalue weighted by Crippen LogP contribution is 2.24. The van der Waals surface area contributed by atoms with Crippen LogP contribution in [-0.4, -0.2) is 23.8 Å². The number of benzene rings is 3. The van der Waals surface area contributed by atoms with E-state index in [1.54, 1.807) is 30.3 Å². The van der Waals surface area contributed by atoms with Gasteiger partial charge in [-0.1, -0.05) is 72.8 Å². The summed E-state index contributed by atoms with van der Waals surface area (Å²) < 4.78 is 10.9. The Bertz CT molecular complexity index is 1250. The summed E-state index contributed by atoms with van der Waals surface area (Å²) in [4.78, 5) is 28.9. The Labute approximate surface area is 198 Å². The third-order valence-electron chi connectivity index (χ3n) is 5.16. The van der Waals surface area contributed by atoms with Crippen molar-refractivity contribution in [3.8, 4) is 22.8 Å². The Balaban J connectivity index is 1.32. The van der Waals surface area contributed by atoms with Crippen LogP contribution < -0.4 is 14.8 Å². The largest absolute Gasteiger partial charge is 0.489 e. The molecule has 0 atom stereocenters. The average molecular weight is 453 g/mol. The molecule has 6 nitrogen and oxygen atoms in total. The Hall–Kier alpha value is -4.45. The van der Waals surface area contributed by atoms with Crippen molar-refractivity contribution in [1.82, 2.24) is 4.98 Å². The van der Waals surface area contributed by atoms with Gasteiger partial charge < -0.3 is 14.8 Å². The normalized spacial score (nSPS) is 10.4. The van der Waals surface area contributed by atoms with Crippen LogP contribution in [0.3, 0.4) is 0 Å². The molecule has 0 aliphatic rings. The molecule has 0 aliphatic heterocycles. The van der Waals surface area contributed by atoms with Crippen LogP contribution in [0, 0.1) is 0 Å². The smallest absolute Gasteiger partial charge is 0.233 e. The highest BCUT2D eigenvalue weighted by molar-refractivity contribution is 6.10. The first-order chi connectivity index (χ1) is 16.6. The number of pyridine rings is 1. The van der Waals surface area contributed by atoms with Crippen LogP contribution in [0.25, 0.3) is 11.1 Å². The molecule has 6 heteroatoms. The fourth-order valence-corrected chi connectivity index (χ4v) is 3.37. The fourth-order valence-electron chi connectivity index (χ4n) is 3.37. The van der Waals surface area contributed by atoms with Crippen LogP contribution in [0.2, 0.25) is 0 Å². The molecule has 1 aromatic heterocycles. The summed E-state index contributed by atoms with van der Waals surface area (Å²) in [5, 5.41) is 2.62. The topological polar surface area (TPSA) is 77.5 Å². The van der Waals surface area contributed by atoms with E-state index in [2.05, 4.69) is 10.3 Å². The van der Waals surface area contributed by atoms with Crippen LogP contribution >= 0.6 is 0 Å². The number of carbonyl (C=O) groups is 2. The van der Waals surface area contributed by atoms with E-state index in [4.69, 9.17) is 9.47 Å². The summed E-state index contributed by atoms with van der Waals surface area (Å²) >= 11 is 0. The molecule has 0 radical (unpaired) electrons. The van der Waals surface area contributed by atoms with Crippen molar-refractivity contribution in [1.29, 1.82) is 0 Å². The van der Waals surface area contributed by atoms with Crippen molar-refractivity contribution >= 4 is 17.5 Å². The van der Waals surface area contributed by atoms with Gasteiger partial charge in [-0.2, -0.15) is 4.98 Å². The SMILES string of the molecule is COc1cccc(NC(=O)CC(=O)c2ccc(-c3ccc(OCc4ccccc4)cc3)cc2)n1. The van der Waals surface area contributed by atoms with Gasteiger partial charge in [0.15, 0.2) is 5.78 Å². The first kappa shape index (κ1) is 22.7. The molecule has 0 spiro atoms. The number of ether oxygens (including phenoxy) is 2. The first-order valence-electron chi connectivity index (χ1n) is 10.8. The number of nitrogens with one attached hydrogen (secondary N) is 1. The summed E-state index contributed by atoms with van der Waals surface area (Å²) in [6.45, 7) is 0.512. The van der Waals surface area contributed by atoms with E-state index < -0.39 is 5.91 Å². The lowest BCUT2D eigenvalue weighted by atomic mass is 10.0. The lowest BCUT2D eigenvalue weighted by molar-refractivity contribution is -0.115. The number of amides is 1. The quantitative estimate of drug-likeness (QED) is 0.266. The third kappa shape index (κ3) is 6.07. The van der Waals surface area contributed by atoms with Crippen molar-refractivity contribution < 1.29 is 19.1 Å².